The van der Waals surface area contributed by atoms with Crippen LogP contribution >= 0.6 is 0 Å². The van der Waals surface area contributed by atoms with Crippen LogP contribution in [0.4, 0.5) is 5.69 Å². The number of aromatic nitrogens is 2. The van der Waals surface area contributed by atoms with Crippen molar-refractivity contribution >= 4 is 16.7 Å². The van der Waals surface area contributed by atoms with E-state index in [2.05, 4.69) is 60.1 Å². The SMILES string of the molecule is Cc1ccc(NCc2nc3ccccc3n2CCOc2ccccc2)c(C)c1. The van der Waals surface area contributed by atoms with Gasteiger partial charge >= 0.3 is 0 Å². The molecule has 1 aromatic heterocycles. The first-order valence-electron chi connectivity index (χ1n) is 9.64. The van der Waals surface area contributed by atoms with Crippen LogP contribution in [0.1, 0.15) is 17.0 Å². The number of aryl methyl sites for hydroxylation is 2. The first-order valence-corrected chi connectivity index (χ1v) is 9.64. The zero-order valence-electron chi connectivity index (χ0n) is 16.4. The summed E-state index contributed by atoms with van der Waals surface area (Å²) in [6.07, 6.45) is 0. The lowest BCUT2D eigenvalue weighted by molar-refractivity contribution is 0.298. The van der Waals surface area contributed by atoms with E-state index in [0.717, 1.165) is 34.8 Å². The summed E-state index contributed by atoms with van der Waals surface area (Å²) < 4.78 is 8.15. The predicted molar refractivity (Wildman–Crippen MR) is 115 cm³/mol. The van der Waals surface area contributed by atoms with Gasteiger partial charge in [-0.2, -0.15) is 0 Å². The van der Waals surface area contributed by atoms with E-state index in [1.54, 1.807) is 0 Å². The molecule has 4 heteroatoms. The van der Waals surface area contributed by atoms with Crippen LogP contribution in [0, 0.1) is 13.8 Å². The number of rotatable bonds is 7. The molecule has 4 nitrogen and oxygen atoms in total. The molecule has 0 bridgehead atoms. The monoisotopic (exact) mass is 371 g/mol. The minimum Gasteiger partial charge on any atom is -0.492 e. The normalized spacial score (nSPS) is 10.9. The molecule has 28 heavy (non-hydrogen) atoms. The van der Waals surface area contributed by atoms with Crippen LogP contribution in [-0.4, -0.2) is 16.2 Å². The lowest BCUT2D eigenvalue weighted by Crippen LogP contribution is -2.14. The molecule has 0 unspecified atom stereocenters. The van der Waals surface area contributed by atoms with Gasteiger partial charge in [0, 0.05) is 5.69 Å². The van der Waals surface area contributed by atoms with Crippen molar-refractivity contribution in [3.8, 4) is 5.75 Å². The molecule has 1 N–H and O–H groups in total. The second-order valence-corrected chi connectivity index (χ2v) is 7.00. The zero-order valence-corrected chi connectivity index (χ0v) is 16.4. The zero-order chi connectivity index (χ0) is 19.3. The van der Waals surface area contributed by atoms with Crippen molar-refractivity contribution in [2.75, 3.05) is 11.9 Å². The first kappa shape index (κ1) is 18.1. The fourth-order valence-electron chi connectivity index (χ4n) is 3.47. The Morgan fingerprint density at radius 3 is 2.54 bits per heavy atom. The molecular weight excluding hydrogens is 346 g/mol. The van der Waals surface area contributed by atoms with Crippen LogP contribution < -0.4 is 10.1 Å². The molecular formula is C24H25N3O. The van der Waals surface area contributed by atoms with Crippen LogP contribution in [0.15, 0.2) is 72.8 Å². The minimum absolute atomic E-state index is 0.598. The van der Waals surface area contributed by atoms with Gasteiger partial charge in [-0.1, -0.05) is 48.0 Å². The molecule has 142 valence electrons. The average molecular weight is 371 g/mol. The van der Waals surface area contributed by atoms with Crippen molar-refractivity contribution in [3.63, 3.8) is 0 Å². The minimum atomic E-state index is 0.598. The summed E-state index contributed by atoms with van der Waals surface area (Å²) in [5.41, 5.74) is 5.81. The molecule has 0 saturated heterocycles. The van der Waals surface area contributed by atoms with Gasteiger partial charge in [-0.15, -0.1) is 0 Å². The Labute approximate surface area is 165 Å². The Hall–Kier alpha value is -3.27. The van der Waals surface area contributed by atoms with Gasteiger partial charge in [-0.05, 0) is 49.7 Å². The molecule has 0 aliphatic carbocycles. The molecule has 0 amide bonds. The van der Waals surface area contributed by atoms with Crippen LogP contribution in [0.5, 0.6) is 5.75 Å². The molecule has 0 radical (unpaired) electrons. The van der Waals surface area contributed by atoms with Gasteiger partial charge in [0.15, 0.2) is 0 Å². The van der Waals surface area contributed by atoms with E-state index in [9.17, 15) is 0 Å². The van der Waals surface area contributed by atoms with Gasteiger partial charge in [-0.3, -0.25) is 0 Å². The van der Waals surface area contributed by atoms with Crippen LogP contribution in [0.3, 0.4) is 0 Å². The molecule has 0 spiro atoms. The lowest BCUT2D eigenvalue weighted by atomic mass is 10.1. The van der Waals surface area contributed by atoms with Crippen molar-refractivity contribution in [3.05, 3.63) is 89.7 Å². The second kappa shape index (κ2) is 8.17. The maximum Gasteiger partial charge on any atom is 0.129 e. The van der Waals surface area contributed by atoms with Crippen LogP contribution in [0.25, 0.3) is 11.0 Å². The number of ether oxygens (including phenoxy) is 1. The smallest absolute Gasteiger partial charge is 0.129 e. The van der Waals surface area contributed by atoms with Gasteiger partial charge in [0.25, 0.3) is 0 Å². The van der Waals surface area contributed by atoms with E-state index < -0.39 is 0 Å². The Balaban J connectivity index is 1.52. The lowest BCUT2D eigenvalue weighted by Gasteiger charge is -2.13. The first-order chi connectivity index (χ1) is 13.7. The highest BCUT2D eigenvalue weighted by Crippen LogP contribution is 2.20. The molecule has 4 rings (SSSR count). The number of fused-ring (bicyclic) bond motifs is 1. The summed E-state index contributed by atoms with van der Waals surface area (Å²) >= 11 is 0. The third kappa shape index (κ3) is 4.01. The van der Waals surface area contributed by atoms with Crippen molar-refractivity contribution < 1.29 is 4.74 Å². The van der Waals surface area contributed by atoms with E-state index in [0.29, 0.717) is 13.2 Å². The summed E-state index contributed by atoms with van der Waals surface area (Å²) in [4.78, 5) is 4.85. The van der Waals surface area contributed by atoms with E-state index in [1.165, 1.54) is 11.1 Å². The molecule has 0 aliphatic heterocycles. The van der Waals surface area contributed by atoms with E-state index in [4.69, 9.17) is 9.72 Å². The third-order valence-electron chi connectivity index (χ3n) is 4.88. The number of benzene rings is 3. The largest absolute Gasteiger partial charge is 0.492 e. The van der Waals surface area contributed by atoms with Crippen LogP contribution in [-0.2, 0) is 13.1 Å². The average Bonchev–Trinajstić information content (AvgIpc) is 3.06. The molecule has 0 fully saturated rings. The molecule has 0 saturated carbocycles. The highest BCUT2D eigenvalue weighted by Gasteiger charge is 2.11. The van der Waals surface area contributed by atoms with E-state index in [-0.39, 0.29) is 0 Å². The number of nitrogens with zero attached hydrogens (tertiary/aromatic N) is 2. The molecule has 1 heterocycles. The van der Waals surface area contributed by atoms with Crippen molar-refractivity contribution in [1.29, 1.82) is 0 Å². The van der Waals surface area contributed by atoms with Gasteiger partial charge in [0.05, 0.1) is 24.1 Å². The number of anilines is 1. The summed E-state index contributed by atoms with van der Waals surface area (Å²) in [6, 6.07) is 24.7. The number of hydrogen-bond donors (Lipinski definition) is 1. The Morgan fingerprint density at radius 2 is 1.71 bits per heavy atom. The summed E-state index contributed by atoms with van der Waals surface area (Å²) in [5.74, 6) is 1.90. The Morgan fingerprint density at radius 1 is 0.929 bits per heavy atom. The fourth-order valence-corrected chi connectivity index (χ4v) is 3.47. The molecule has 0 atom stereocenters. The van der Waals surface area contributed by atoms with Gasteiger partial charge in [0.2, 0.25) is 0 Å². The summed E-state index contributed by atoms with van der Waals surface area (Å²) in [5, 5.41) is 3.54. The number of hydrogen-bond acceptors (Lipinski definition) is 3. The van der Waals surface area contributed by atoms with E-state index >= 15 is 0 Å². The molecule has 3 aromatic carbocycles. The topological polar surface area (TPSA) is 39.1 Å². The quantitative estimate of drug-likeness (QED) is 0.476. The number of para-hydroxylation sites is 3. The maximum absolute atomic E-state index is 5.91. The maximum atomic E-state index is 5.91. The molecule has 0 aliphatic rings. The highest BCUT2D eigenvalue weighted by atomic mass is 16.5. The summed E-state index contributed by atoms with van der Waals surface area (Å²) in [7, 11) is 0. The second-order valence-electron chi connectivity index (χ2n) is 7.00. The van der Waals surface area contributed by atoms with Gasteiger partial charge in [-0.25, -0.2) is 4.98 Å². The van der Waals surface area contributed by atoms with Gasteiger partial charge in [0.1, 0.15) is 18.2 Å². The summed E-state index contributed by atoms with van der Waals surface area (Å²) in [6.45, 7) is 6.26. The third-order valence-corrected chi connectivity index (χ3v) is 4.88. The van der Waals surface area contributed by atoms with E-state index in [1.807, 2.05) is 36.4 Å². The Kier molecular flexibility index (Phi) is 5.29. The van der Waals surface area contributed by atoms with Crippen molar-refractivity contribution in [1.82, 2.24) is 9.55 Å². The molecule has 4 aromatic rings. The van der Waals surface area contributed by atoms with Crippen molar-refractivity contribution in [2.45, 2.75) is 26.9 Å². The predicted octanol–water partition coefficient (Wildman–Crippen LogP) is 5.34. The highest BCUT2D eigenvalue weighted by molar-refractivity contribution is 5.76. The number of imidazole rings is 1. The van der Waals surface area contributed by atoms with Gasteiger partial charge < -0.3 is 14.6 Å². The fraction of sp³-hybridized carbons (Fsp3) is 0.208. The standard InChI is InChI=1S/C24H25N3O/c1-18-12-13-21(19(2)16-18)25-17-24-26-22-10-6-7-11-23(22)27(24)14-15-28-20-8-4-3-5-9-20/h3-13,16,25H,14-15,17H2,1-2H3. The van der Waals surface area contributed by atoms with Crippen molar-refractivity contribution in [2.24, 2.45) is 0 Å². The number of nitrogens with one attached hydrogen (secondary N) is 1. The Bertz CT molecular complexity index is 1070. The van der Waals surface area contributed by atoms with Crippen LogP contribution in [0.2, 0.25) is 0 Å².